The number of aromatic nitrogens is 1. The lowest BCUT2D eigenvalue weighted by Crippen LogP contribution is -2.59. The molecule has 2 aliphatic rings. The molecule has 0 aromatic carbocycles. The van der Waals surface area contributed by atoms with Crippen molar-refractivity contribution in [2.45, 2.75) is 58.7 Å². The Bertz CT molecular complexity index is 736. The van der Waals surface area contributed by atoms with Gasteiger partial charge in [0.25, 0.3) is 0 Å². The van der Waals surface area contributed by atoms with Gasteiger partial charge in [0.1, 0.15) is 5.60 Å². The molecule has 3 rings (SSSR count). The third-order valence-electron chi connectivity index (χ3n) is 6.09. The van der Waals surface area contributed by atoms with E-state index in [-0.39, 0.29) is 18.0 Å². The minimum absolute atomic E-state index is 0.104. The number of pyridine rings is 1. The van der Waals surface area contributed by atoms with E-state index in [2.05, 4.69) is 21.7 Å². The van der Waals surface area contributed by atoms with Gasteiger partial charge < -0.3 is 14.5 Å². The first-order valence-electron chi connectivity index (χ1n) is 11.9. The summed E-state index contributed by atoms with van der Waals surface area (Å²) in [6.07, 6.45) is 5.20. The first-order chi connectivity index (χ1) is 15.3. The first-order valence-corrected chi connectivity index (χ1v) is 11.9. The van der Waals surface area contributed by atoms with Gasteiger partial charge in [-0.25, -0.2) is 4.79 Å². The Morgan fingerprint density at radius 2 is 1.56 bits per heavy atom. The van der Waals surface area contributed by atoms with E-state index in [0.717, 1.165) is 45.6 Å². The van der Waals surface area contributed by atoms with Crippen LogP contribution in [0.3, 0.4) is 0 Å². The van der Waals surface area contributed by atoms with Gasteiger partial charge in [0.05, 0.1) is 6.04 Å². The second-order valence-corrected chi connectivity index (χ2v) is 9.76. The summed E-state index contributed by atoms with van der Waals surface area (Å²) in [7, 11) is 0. The van der Waals surface area contributed by atoms with Crippen molar-refractivity contribution in [3.63, 3.8) is 0 Å². The van der Waals surface area contributed by atoms with Crippen LogP contribution in [-0.2, 0) is 16.1 Å². The van der Waals surface area contributed by atoms with Crippen LogP contribution in [0.15, 0.2) is 24.5 Å². The summed E-state index contributed by atoms with van der Waals surface area (Å²) < 4.78 is 5.50. The molecule has 0 saturated carbocycles. The smallest absolute Gasteiger partial charge is 0.410 e. The molecule has 1 aromatic rings. The maximum Gasteiger partial charge on any atom is 0.410 e. The second kappa shape index (κ2) is 11.1. The minimum Gasteiger partial charge on any atom is -0.444 e. The van der Waals surface area contributed by atoms with Crippen LogP contribution in [0.4, 0.5) is 4.79 Å². The Labute approximate surface area is 192 Å². The van der Waals surface area contributed by atoms with Crippen LogP contribution in [0.1, 0.15) is 46.1 Å². The van der Waals surface area contributed by atoms with Crippen LogP contribution in [0, 0.1) is 0 Å². The van der Waals surface area contributed by atoms with Gasteiger partial charge in [-0.05, 0) is 44.9 Å². The number of nitrogens with zero attached hydrogens (tertiary/aromatic N) is 5. The molecule has 0 bridgehead atoms. The molecule has 1 aromatic heterocycles. The number of hydrogen-bond acceptors (Lipinski definition) is 6. The molecule has 178 valence electrons. The zero-order chi connectivity index (χ0) is 23.1. The lowest BCUT2D eigenvalue weighted by atomic mass is 10.1. The van der Waals surface area contributed by atoms with Crippen molar-refractivity contribution in [2.75, 3.05) is 52.4 Å². The largest absolute Gasteiger partial charge is 0.444 e. The first kappa shape index (κ1) is 24.5. The third kappa shape index (κ3) is 6.90. The number of hydrogen-bond donors (Lipinski definition) is 0. The molecule has 0 aliphatic carbocycles. The van der Waals surface area contributed by atoms with Crippen LogP contribution in [0.5, 0.6) is 0 Å². The summed E-state index contributed by atoms with van der Waals surface area (Å²) >= 11 is 0. The highest BCUT2D eigenvalue weighted by atomic mass is 16.6. The maximum absolute atomic E-state index is 13.4. The molecular weight excluding hydrogens is 406 g/mol. The van der Waals surface area contributed by atoms with Crippen molar-refractivity contribution in [1.82, 2.24) is 24.6 Å². The number of carbonyl (C=O) groups excluding carboxylic acids is 2. The topological polar surface area (TPSA) is 69.2 Å². The van der Waals surface area contributed by atoms with Crippen molar-refractivity contribution in [1.29, 1.82) is 0 Å². The minimum atomic E-state index is -0.492. The van der Waals surface area contributed by atoms with Gasteiger partial charge in [0.2, 0.25) is 5.91 Å². The summed E-state index contributed by atoms with van der Waals surface area (Å²) in [6, 6.07) is 3.99. The fourth-order valence-electron chi connectivity index (χ4n) is 4.36. The average molecular weight is 446 g/mol. The highest BCUT2D eigenvalue weighted by molar-refractivity contribution is 5.82. The zero-order valence-corrected chi connectivity index (χ0v) is 20.1. The van der Waals surface area contributed by atoms with E-state index < -0.39 is 5.60 Å². The number of carbonyl (C=O) groups is 2. The fourth-order valence-corrected chi connectivity index (χ4v) is 4.36. The van der Waals surface area contributed by atoms with Gasteiger partial charge in [-0.1, -0.05) is 13.3 Å². The zero-order valence-electron chi connectivity index (χ0n) is 20.1. The molecular formula is C24H39N5O3. The molecule has 0 radical (unpaired) electrons. The van der Waals surface area contributed by atoms with Gasteiger partial charge in [-0.2, -0.15) is 0 Å². The molecule has 0 N–H and O–H groups in total. The van der Waals surface area contributed by atoms with E-state index in [1.54, 1.807) is 4.90 Å². The molecule has 3 heterocycles. The number of rotatable bonds is 6. The third-order valence-corrected chi connectivity index (χ3v) is 6.09. The lowest BCUT2D eigenvalue weighted by Gasteiger charge is -2.42. The van der Waals surface area contributed by atoms with Crippen molar-refractivity contribution in [3.05, 3.63) is 30.1 Å². The predicted octanol–water partition coefficient (Wildman–Crippen LogP) is 2.45. The normalized spacial score (nSPS) is 19.6. The summed E-state index contributed by atoms with van der Waals surface area (Å²) in [5.41, 5.74) is 0.764. The van der Waals surface area contributed by atoms with Crippen molar-refractivity contribution >= 4 is 12.0 Å². The van der Waals surface area contributed by atoms with E-state index in [4.69, 9.17) is 4.74 Å². The molecule has 8 heteroatoms. The highest BCUT2D eigenvalue weighted by Gasteiger charge is 2.34. The Kier molecular flexibility index (Phi) is 8.48. The van der Waals surface area contributed by atoms with Crippen LogP contribution in [-0.4, -0.2) is 101 Å². The van der Waals surface area contributed by atoms with Crippen LogP contribution >= 0.6 is 0 Å². The van der Waals surface area contributed by atoms with Crippen molar-refractivity contribution in [2.24, 2.45) is 0 Å². The van der Waals surface area contributed by atoms with E-state index in [0.29, 0.717) is 26.2 Å². The molecule has 2 amide bonds. The number of amides is 2. The Morgan fingerprint density at radius 1 is 0.969 bits per heavy atom. The van der Waals surface area contributed by atoms with Crippen LogP contribution < -0.4 is 0 Å². The van der Waals surface area contributed by atoms with E-state index in [9.17, 15) is 9.59 Å². The van der Waals surface area contributed by atoms with Crippen LogP contribution in [0.25, 0.3) is 0 Å². The van der Waals surface area contributed by atoms with Gasteiger partial charge in [0, 0.05) is 71.3 Å². The number of ether oxygens (including phenoxy) is 1. The molecule has 0 unspecified atom stereocenters. The molecule has 2 saturated heterocycles. The Hall–Kier alpha value is -2.19. The van der Waals surface area contributed by atoms with Gasteiger partial charge in [-0.15, -0.1) is 0 Å². The van der Waals surface area contributed by atoms with E-state index in [1.807, 2.05) is 50.2 Å². The lowest BCUT2D eigenvalue weighted by molar-refractivity contribution is -0.140. The molecule has 2 fully saturated rings. The van der Waals surface area contributed by atoms with Crippen LogP contribution in [0.2, 0.25) is 0 Å². The van der Waals surface area contributed by atoms with E-state index in [1.165, 1.54) is 5.56 Å². The molecule has 1 atom stereocenters. The molecule has 0 spiro atoms. The SMILES string of the molecule is CCC[C@H](C(=O)N1CCN(Cc2ccncc2)CC1)N1CCN(C(=O)OC(C)(C)C)CC1. The fraction of sp³-hybridized carbons (Fsp3) is 0.708. The van der Waals surface area contributed by atoms with Crippen molar-refractivity contribution < 1.29 is 14.3 Å². The molecule has 8 nitrogen and oxygen atoms in total. The number of piperazine rings is 2. The summed E-state index contributed by atoms with van der Waals surface area (Å²) in [5.74, 6) is 0.237. The predicted molar refractivity (Wildman–Crippen MR) is 124 cm³/mol. The van der Waals surface area contributed by atoms with Gasteiger partial charge >= 0.3 is 6.09 Å². The van der Waals surface area contributed by atoms with Crippen molar-refractivity contribution in [3.8, 4) is 0 Å². The quantitative estimate of drug-likeness (QED) is 0.670. The summed E-state index contributed by atoms with van der Waals surface area (Å²) in [5, 5.41) is 0. The molecule has 2 aliphatic heterocycles. The van der Waals surface area contributed by atoms with Gasteiger partial charge in [-0.3, -0.25) is 19.6 Å². The Balaban J connectivity index is 1.50. The molecule has 32 heavy (non-hydrogen) atoms. The second-order valence-electron chi connectivity index (χ2n) is 9.76. The monoisotopic (exact) mass is 445 g/mol. The summed E-state index contributed by atoms with van der Waals surface area (Å²) in [6.45, 7) is 14.6. The Morgan fingerprint density at radius 3 is 2.12 bits per heavy atom. The average Bonchev–Trinajstić information content (AvgIpc) is 2.77. The standard InChI is InChI=1S/C24H39N5O3/c1-5-6-21(27-15-17-29(18-16-27)23(31)32-24(2,3)4)22(30)28-13-11-26(12-14-28)19-20-7-9-25-10-8-20/h7-10,21H,5-6,11-19H2,1-4H3/t21-/m1/s1. The highest BCUT2D eigenvalue weighted by Crippen LogP contribution is 2.18. The van der Waals surface area contributed by atoms with Gasteiger partial charge in [0.15, 0.2) is 0 Å². The summed E-state index contributed by atoms with van der Waals surface area (Å²) in [4.78, 5) is 38.3. The van der Waals surface area contributed by atoms with E-state index >= 15 is 0 Å². The maximum atomic E-state index is 13.4.